The van der Waals surface area contributed by atoms with Crippen LogP contribution >= 0.6 is 0 Å². The molecule has 0 saturated carbocycles. The second-order valence-corrected chi connectivity index (χ2v) is 11.8. The van der Waals surface area contributed by atoms with Crippen LogP contribution < -0.4 is 14.4 Å². The second kappa shape index (κ2) is 15.3. The summed E-state index contributed by atoms with van der Waals surface area (Å²) in [5, 5.41) is 2.96. The zero-order chi connectivity index (χ0) is 30.7. The molecule has 3 aromatic rings. The van der Waals surface area contributed by atoms with E-state index in [0.717, 1.165) is 40.6 Å². The average Bonchev–Trinajstić information content (AvgIpc) is 2.99. The molecule has 8 nitrogen and oxygen atoms in total. The number of carbonyl (C=O) groups excluding carboxylic acids is 2. The number of ether oxygens (including phenoxy) is 1. The van der Waals surface area contributed by atoms with E-state index in [-0.39, 0.29) is 29.1 Å². The molecule has 10 heteroatoms. The molecule has 0 aliphatic carbocycles. The van der Waals surface area contributed by atoms with Gasteiger partial charge in [0.15, 0.2) is 0 Å². The number of amides is 2. The molecule has 0 radical (unpaired) electrons. The third-order valence-electron chi connectivity index (χ3n) is 6.99. The first-order valence-electron chi connectivity index (χ1n) is 14.3. The van der Waals surface area contributed by atoms with Gasteiger partial charge in [-0.2, -0.15) is 0 Å². The first kappa shape index (κ1) is 32.6. The third-order valence-corrected chi connectivity index (χ3v) is 8.78. The molecule has 2 amide bonds. The lowest BCUT2D eigenvalue weighted by Gasteiger charge is -2.33. The van der Waals surface area contributed by atoms with E-state index in [1.165, 1.54) is 4.90 Å². The Bertz CT molecular complexity index is 1400. The average molecular weight is 598 g/mol. The molecular weight excluding hydrogens is 557 g/mol. The lowest BCUT2D eigenvalue weighted by atomic mass is 10.1. The van der Waals surface area contributed by atoms with Gasteiger partial charge in [0.2, 0.25) is 11.8 Å². The molecule has 3 rings (SSSR count). The molecule has 0 fully saturated rings. The Morgan fingerprint density at radius 1 is 0.905 bits per heavy atom. The van der Waals surface area contributed by atoms with Crippen molar-refractivity contribution in [3.05, 3.63) is 90.2 Å². The van der Waals surface area contributed by atoms with E-state index < -0.39 is 34.3 Å². The number of carbonyl (C=O) groups is 2. The zero-order valence-corrected chi connectivity index (χ0v) is 25.4. The van der Waals surface area contributed by atoms with Crippen molar-refractivity contribution >= 4 is 27.5 Å². The van der Waals surface area contributed by atoms with E-state index in [2.05, 4.69) is 5.32 Å². The van der Waals surface area contributed by atoms with Crippen LogP contribution in [0.3, 0.4) is 0 Å². The van der Waals surface area contributed by atoms with Crippen LogP contribution in [0.15, 0.2) is 83.8 Å². The number of hydrogen-bond acceptors (Lipinski definition) is 5. The molecule has 42 heavy (non-hydrogen) atoms. The van der Waals surface area contributed by atoms with Gasteiger partial charge in [-0.05, 0) is 87.2 Å². The first-order chi connectivity index (χ1) is 20.1. The molecule has 0 heterocycles. The predicted molar refractivity (Wildman–Crippen MR) is 162 cm³/mol. The topological polar surface area (TPSA) is 96.0 Å². The fraction of sp³-hybridized carbons (Fsp3) is 0.375. The summed E-state index contributed by atoms with van der Waals surface area (Å²) in [6.45, 7) is 7.59. The number of halogens is 1. The van der Waals surface area contributed by atoms with Crippen LogP contribution in [0.4, 0.5) is 10.1 Å². The second-order valence-electron chi connectivity index (χ2n) is 9.96. The van der Waals surface area contributed by atoms with Crippen molar-refractivity contribution in [2.75, 3.05) is 24.0 Å². The Morgan fingerprint density at radius 2 is 1.55 bits per heavy atom. The lowest BCUT2D eigenvalue weighted by Crippen LogP contribution is -2.54. The number of benzene rings is 3. The molecule has 0 saturated heterocycles. The van der Waals surface area contributed by atoms with Crippen molar-refractivity contribution in [2.45, 2.75) is 63.9 Å². The number of anilines is 1. The summed E-state index contributed by atoms with van der Waals surface area (Å²) in [6.07, 6.45) is 1.55. The van der Waals surface area contributed by atoms with E-state index in [4.69, 9.17) is 4.74 Å². The number of nitrogens with one attached hydrogen (secondary N) is 1. The van der Waals surface area contributed by atoms with E-state index >= 15 is 0 Å². The van der Waals surface area contributed by atoms with E-state index in [0.29, 0.717) is 25.2 Å². The van der Waals surface area contributed by atoms with Crippen molar-refractivity contribution in [1.29, 1.82) is 0 Å². The Labute approximate surface area is 248 Å². The smallest absolute Gasteiger partial charge is 0.264 e. The van der Waals surface area contributed by atoms with Crippen LogP contribution in [0.5, 0.6) is 5.75 Å². The number of sulfonamides is 1. The standard InChI is InChI=1S/C32H40FN3O5S/c1-5-24(4)34-32(38)30(6-2)35(22-21-25-11-9-8-10-12-25)31(37)23-36(27-15-17-28(18-16-27)41-7-3)42(39,40)29-19-13-26(33)14-20-29/h8-20,24,30H,5-7,21-23H2,1-4H3,(H,34,38)/t24-,30+/m1/s1. The van der Waals surface area contributed by atoms with Crippen LogP contribution in [0, 0.1) is 5.82 Å². The van der Waals surface area contributed by atoms with Crippen molar-refractivity contribution in [3.8, 4) is 5.75 Å². The monoisotopic (exact) mass is 597 g/mol. The highest BCUT2D eigenvalue weighted by Gasteiger charge is 2.33. The summed E-state index contributed by atoms with van der Waals surface area (Å²) in [4.78, 5) is 28.7. The third kappa shape index (κ3) is 8.55. The predicted octanol–water partition coefficient (Wildman–Crippen LogP) is 5.18. The summed E-state index contributed by atoms with van der Waals surface area (Å²) in [5.41, 5.74) is 1.21. The quantitative estimate of drug-likeness (QED) is 0.260. The van der Waals surface area contributed by atoms with Gasteiger partial charge < -0.3 is 15.0 Å². The summed E-state index contributed by atoms with van der Waals surface area (Å²) < 4.78 is 47.9. The molecule has 1 N–H and O–H groups in total. The van der Waals surface area contributed by atoms with Crippen molar-refractivity contribution in [2.24, 2.45) is 0 Å². The van der Waals surface area contributed by atoms with Gasteiger partial charge in [0.25, 0.3) is 10.0 Å². The van der Waals surface area contributed by atoms with Crippen molar-refractivity contribution < 1.29 is 27.1 Å². The number of nitrogens with zero attached hydrogens (tertiary/aromatic N) is 2. The minimum absolute atomic E-state index is 0.0863. The molecule has 3 aromatic carbocycles. The Hall–Kier alpha value is -3.92. The largest absolute Gasteiger partial charge is 0.494 e. The van der Waals surface area contributed by atoms with Gasteiger partial charge in [-0.1, -0.05) is 44.2 Å². The van der Waals surface area contributed by atoms with Gasteiger partial charge in [0.05, 0.1) is 17.2 Å². The van der Waals surface area contributed by atoms with Gasteiger partial charge in [-0.25, -0.2) is 12.8 Å². The highest BCUT2D eigenvalue weighted by Crippen LogP contribution is 2.27. The van der Waals surface area contributed by atoms with Crippen LogP contribution in [0.25, 0.3) is 0 Å². The molecule has 0 aliphatic rings. The number of rotatable bonds is 15. The lowest BCUT2D eigenvalue weighted by molar-refractivity contribution is -0.139. The van der Waals surface area contributed by atoms with Gasteiger partial charge in [0, 0.05) is 12.6 Å². The minimum atomic E-state index is -4.29. The Morgan fingerprint density at radius 3 is 2.12 bits per heavy atom. The molecule has 0 bridgehead atoms. The maximum Gasteiger partial charge on any atom is 0.264 e. The maximum absolute atomic E-state index is 14.1. The molecule has 226 valence electrons. The first-order valence-corrected chi connectivity index (χ1v) is 15.7. The molecular formula is C32H40FN3O5S. The van der Waals surface area contributed by atoms with Crippen LogP contribution in [-0.2, 0) is 26.0 Å². The molecule has 0 aliphatic heterocycles. The zero-order valence-electron chi connectivity index (χ0n) is 24.6. The van der Waals surface area contributed by atoms with Crippen LogP contribution in [-0.4, -0.2) is 56.9 Å². The van der Waals surface area contributed by atoms with Crippen molar-refractivity contribution in [3.63, 3.8) is 0 Å². The van der Waals surface area contributed by atoms with Crippen LogP contribution in [0.1, 0.15) is 46.1 Å². The highest BCUT2D eigenvalue weighted by molar-refractivity contribution is 7.92. The van der Waals surface area contributed by atoms with E-state index in [1.54, 1.807) is 24.3 Å². The fourth-order valence-corrected chi connectivity index (χ4v) is 5.89. The molecule has 0 unspecified atom stereocenters. The van der Waals surface area contributed by atoms with Gasteiger partial charge >= 0.3 is 0 Å². The van der Waals surface area contributed by atoms with E-state index in [1.807, 2.05) is 58.0 Å². The fourth-order valence-electron chi connectivity index (χ4n) is 4.47. The summed E-state index contributed by atoms with van der Waals surface area (Å²) >= 11 is 0. The molecule has 2 atom stereocenters. The molecule has 0 aromatic heterocycles. The van der Waals surface area contributed by atoms with Crippen molar-refractivity contribution in [1.82, 2.24) is 10.2 Å². The summed E-state index contributed by atoms with van der Waals surface area (Å²) in [6, 6.07) is 19.5. The van der Waals surface area contributed by atoms with E-state index in [9.17, 15) is 22.4 Å². The summed E-state index contributed by atoms with van der Waals surface area (Å²) in [7, 11) is -4.29. The summed E-state index contributed by atoms with van der Waals surface area (Å²) in [5.74, 6) is -0.856. The normalized spacial score (nSPS) is 12.7. The minimum Gasteiger partial charge on any atom is -0.494 e. The van der Waals surface area contributed by atoms with Crippen LogP contribution in [0.2, 0.25) is 0 Å². The maximum atomic E-state index is 14.1. The molecule has 0 spiro atoms. The van der Waals surface area contributed by atoms with Gasteiger partial charge in [0.1, 0.15) is 24.2 Å². The highest BCUT2D eigenvalue weighted by atomic mass is 32.2. The number of hydrogen-bond donors (Lipinski definition) is 1. The Balaban J connectivity index is 2.01. The Kier molecular flexibility index (Phi) is 11.9. The van der Waals surface area contributed by atoms with Gasteiger partial charge in [-0.15, -0.1) is 0 Å². The SMILES string of the molecule is CCOc1ccc(N(CC(=O)N(CCc2ccccc2)[C@@H](CC)C(=O)N[C@H](C)CC)S(=O)(=O)c2ccc(F)cc2)cc1. The van der Waals surface area contributed by atoms with Gasteiger partial charge in [-0.3, -0.25) is 13.9 Å².